The van der Waals surface area contributed by atoms with Crippen molar-refractivity contribution in [2.45, 2.75) is 19.0 Å². The van der Waals surface area contributed by atoms with Crippen LogP contribution in [0.3, 0.4) is 0 Å². The Balaban J connectivity index is 2.23. The van der Waals surface area contributed by atoms with Gasteiger partial charge in [-0.05, 0) is 6.92 Å². The number of amides is 2. The fourth-order valence-electron chi connectivity index (χ4n) is 2.36. The lowest BCUT2D eigenvalue weighted by atomic mass is 10.1. The van der Waals surface area contributed by atoms with Crippen LogP contribution in [-0.2, 0) is 4.79 Å². The third kappa shape index (κ3) is 1.52. The third-order valence-corrected chi connectivity index (χ3v) is 3.21. The minimum atomic E-state index is -1.09. The molecule has 2 aliphatic rings. The summed E-state index contributed by atoms with van der Waals surface area (Å²) in [5.74, 6) is -1.09. The van der Waals surface area contributed by atoms with Crippen LogP contribution in [0.1, 0.15) is 6.92 Å². The monoisotopic (exact) mass is 229 g/mol. The van der Waals surface area contributed by atoms with E-state index in [0.29, 0.717) is 19.6 Å². The molecule has 7 nitrogen and oxygen atoms in total. The van der Waals surface area contributed by atoms with E-state index in [0.717, 1.165) is 5.06 Å². The summed E-state index contributed by atoms with van der Waals surface area (Å²) in [6, 6.07) is -1.61. The first-order chi connectivity index (χ1) is 7.56. The van der Waals surface area contributed by atoms with Gasteiger partial charge < -0.3 is 20.1 Å². The van der Waals surface area contributed by atoms with Gasteiger partial charge in [0.15, 0.2) is 6.04 Å². The van der Waals surface area contributed by atoms with Crippen molar-refractivity contribution in [1.82, 2.24) is 14.9 Å². The molecule has 0 bridgehead atoms. The minimum Gasteiger partial charge on any atom is -0.480 e. The van der Waals surface area contributed by atoms with Gasteiger partial charge in [-0.3, -0.25) is 4.79 Å². The standard InChI is InChI=1S/C9H15N3O4/c1-2-10-5-6-7(8(13)14)12(16)4-3-11(6)9(10)15/h6-7,16H,2-5H2,1H3,(H,13,14)/t6-,7+/m0/s1. The molecule has 0 spiro atoms. The molecule has 7 heteroatoms. The molecule has 0 saturated carbocycles. The van der Waals surface area contributed by atoms with Gasteiger partial charge >= 0.3 is 12.0 Å². The molecule has 2 rings (SSSR count). The van der Waals surface area contributed by atoms with E-state index in [-0.39, 0.29) is 12.6 Å². The molecule has 2 fully saturated rings. The number of piperazine rings is 1. The first-order valence-corrected chi connectivity index (χ1v) is 5.30. The molecular formula is C9H15N3O4. The molecule has 2 N–H and O–H groups in total. The number of hydrogen-bond acceptors (Lipinski definition) is 4. The molecule has 2 saturated heterocycles. The second kappa shape index (κ2) is 3.91. The van der Waals surface area contributed by atoms with Crippen molar-refractivity contribution in [3.05, 3.63) is 0 Å². The SMILES string of the molecule is CCN1C[C@H]2[C@H](C(=O)O)N(O)CCN2C1=O. The van der Waals surface area contributed by atoms with Gasteiger partial charge in [-0.15, -0.1) is 0 Å². The average Bonchev–Trinajstić information content (AvgIpc) is 2.54. The van der Waals surface area contributed by atoms with E-state index in [1.807, 2.05) is 6.92 Å². The maximum Gasteiger partial charge on any atom is 0.325 e. The van der Waals surface area contributed by atoms with E-state index in [4.69, 9.17) is 5.11 Å². The zero-order valence-electron chi connectivity index (χ0n) is 9.04. The predicted octanol–water partition coefficient (Wildman–Crippen LogP) is -0.729. The molecule has 0 radical (unpaired) electrons. The summed E-state index contributed by atoms with van der Waals surface area (Å²) in [6.45, 7) is 3.33. The number of carbonyl (C=O) groups is 2. The zero-order chi connectivity index (χ0) is 11.9. The van der Waals surface area contributed by atoms with Crippen LogP contribution in [0, 0.1) is 0 Å². The first-order valence-electron chi connectivity index (χ1n) is 5.30. The highest BCUT2D eigenvalue weighted by Crippen LogP contribution is 2.24. The number of rotatable bonds is 2. The third-order valence-electron chi connectivity index (χ3n) is 3.21. The molecule has 16 heavy (non-hydrogen) atoms. The van der Waals surface area contributed by atoms with Gasteiger partial charge in [0.2, 0.25) is 0 Å². The van der Waals surface area contributed by atoms with Crippen molar-refractivity contribution >= 4 is 12.0 Å². The normalized spacial score (nSPS) is 30.8. The Kier molecular flexibility index (Phi) is 2.73. The number of hydrogen-bond donors (Lipinski definition) is 2. The van der Waals surface area contributed by atoms with E-state index in [1.165, 1.54) is 4.90 Å². The van der Waals surface area contributed by atoms with Crippen LogP contribution >= 0.6 is 0 Å². The van der Waals surface area contributed by atoms with Gasteiger partial charge in [-0.2, -0.15) is 5.06 Å². The lowest BCUT2D eigenvalue weighted by molar-refractivity contribution is -0.186. The quantitative estimate of drug-likeness (QED) is 0.652. The second-order valence-corrected chi connectivity index (χ2v) is 4.03. The maximum atomic E-state index is 11.8. The van der Waals surface area contributed by atoms with Crippen molar-refractivity contribution in [3.63, 3.8) is 0 Å². The molecule has 0 aromatic heterocycles. The number of carboxylic acids is 1. The number of urea groups is 1. The van der Waals surface area contributed by atoms with Crippen molar-refractivity contribution in [1.29, 1.82) is 0 Å². The number of hydroxylamine groups is 2. The summed E-state index contributed by atoms with van der Waals surface area (Å²) >= 11 is 0. The summed E-state index contributed by atoms with van der Waals surface area (Å²) in [5, 5.41) is 19.4. The molecule has 0 aliphatic carbocycles. The molecule has 2 amide bonds. The summed E-state index contributed by atoms with van der Waals surface area (Å²) in [4.78, 5) is 26.0. The predicted molar refractivity (Wildman–Crippen MR) is 53.1 cm³/mol. The van der Waals surface area contributed by atoms with Gasteiger partial charge in [0.1, 0.15) is 0 Å². The minimum absolute atomic E-state index is 0.133. The van der Waals surface area contributed by atoms with Crippen molar-refractivity contribution in [2.75, 3.05) is 26.2 Å². The van der Waals surface area contributed by atoms with Crippen LogP contribution in [0.4, 0.5) is 4.79 Å². The molecule has 0 unspecified atom stereocenters. The van der Waals surface area contributed by atoms with Gasteiger partial charge in [0.05, 0.1) is 6.04 Å². The number of likely N-dealkylation sites (N-methyl/N-ethyl adjacent to an activating group) is 1. The fourth-order valence-corrected chi connectivity index (χ4v) is 2.36. The summed E-state index contributed by atoms with van der Waals surface area (Å²) in [7, 11) is 0. The zero-order valence-corrected chi connectivity index (χ0v) is 9.04. The molecule has 2 atom stereocenters. The van der Waals surface area contributed by atoms with Gasteiger partial charge in [-0.25, -0.2) is 4.79 Å². The number of carbonyl (C=O) groups excluding carboxylic acids is 1. The van der Waals surface area contributed by atoms with Crippen molar-refractivity contribution in [3.8, 4) is 0 Å². The van der Waals surface area contributed by atoms with Gasteiger partial charge in [0.25, 0.3) is 0 Å². The molecule has 0 aromatic carbocycles. The van der Waals surface area contributed by atoms with E-state index >= 15 is 0 Å². The Morgan fingerprint density at radius 3 is 2.75 bits per heavy atom. The molecule has 90 valence electrons. The second-order valence-electron chi connectivity index (χ2n) is 4.03. The van der Waals surface area contributed by atoms with Crippen LogP contribution in [-0.4, -0.2) is 75.4 Å². The highest BCUT2D eigenvalue weighted by Gasteiger charge is 2.48. The van der Waals surface area contributed by atoms with E-state index in [9.17, 15) is 14.8 Å². The van der Waals surface area contributed by atoms with Crippen LogP contribution in [0.2, 0.25) is 0 Å². The number of nitrogens with zero attached hydrogens (tertiary/aromatic N) is 3. The molecule has 2 aliphatic heterocycles. The number of carboxylic acid groups (broad SMARTS) is 1. The lowest BCUT2D eigenvalue weighted by Gasteiger charge is -2.37. The summed E-state index contributed by atoms with van der Waals surface area (Å²) in [5.41, 5.74) is 0. The maximum absolute atomic E-state index is 11.8. The largest absolute Gasteiger partial charge is 0.480 e. The Labute approximate surface area is 92.8 Å². The highest BCUT2D eigenvalue weighted by molar-refractivity contribution is 5.81. The Hall–Kier alpha value is -1.34. The van der Waals surface area contributed by atoms with Gasteiger partial charge in [-0.1, -0.05) is 0 Å². The first kappa shape index (κ1) is 11.2. The van der Waals surface area contributed by atoms with E-state index in [1.54, 1.807) is 4.90 Å². The van der Waals surface area contributed by atoms with Crippen molar-refractivity contribution < 1.29 is 19.9 Å². The topological polar surface area (TPSA) is 84.3 Å². The van der Waals surface area contributed by atoms with Crippen LogP contribution in [0.15, 0.2) is 0 Å². The Morgan fingerprint density at radius 2 is 2.19 bits per heavy atom. The van der Waals surface area contributed by atoms with E-state index < -0.39 is 18.1 Å². The summed E-state index contributed by atoms with van der Waals surface area (Å²) < 4.78 is 0. The smallest absolute Gasteiger partial charge is 0.325 e. The lowest BCUT2D eigenvalue weighted by Crippen LogP contribution is -2.60. The van der Waals surface area contributed by atoms with Crippen molar-refractivity contribution in [2.24, 2.45) is 0 Å². The van der Waals surface area contributed by atoms with Crippen LogP contribution in [0.25, 0.3) is 0 Å². The van der Waals surface area contributed by atoms with Gasteiger partial charge in [0, 0.05) is 26.2 Å². The summed E-state index contributed by atoms with van der Waals surface area (Å²) in [6.07, 6.45) is 0. The fraction of sp³-hybridized carbons (Fsp3) is 0.778. The van der Waals surface area contributed by atoms with Crippen LogP contribution in [0.5, 0.6) is 0 Å². The van der Waals surface area contributed by atoms with E-state index in [2.05, 4.69) is 0 Å². The highest BCUT2D eigenvalue weighted by atomic mass is 16.5. The molecular weight excluding hydrogens is 214 g/mol. The molecule has 0 aromatic rings. The Morgan fingerprint density at radius 1 is 1.50 bits per heavy atom. The number of aliphatic carboxylic acids is 1. The molecule has 2 heterocycles. The van der Waals surface area contributed by atoms with Crippen LogP contribution < -0.4 is 0 Å². The average molecular weight is 229 g/mol. The number of fused-ring (bicyclic) bond motifs is 1. The Bertz CT molecular complexity index is 322.